The lowest BCUT2D eigenvalue weighted by Gasteiger charge is -2.41. The predicted molar refractivity (Wildman–Crippen MR) is 92.6 cm³/mol. The Bertz CT molecular complexity index is 661. The minimum absolute atomic E-state index is 0.124. The van der Waals surface area contributed by atoms with E-state index in [4.69, 9.17) is 5.14 Å². The summed E-state index contributed by atoms with van der Waals surface area (Å²) >= 11 is 0. The van der Waals surface area contributed by atoms with E-state index in [0.29, 0.717) is 12.0 Å². The number of hydrogen-bond donors (Lipinski definition) is 3. The van der Waals surface area contributed by atoms with E-state index >= 15 is 0 Å². The smallest absolute Gasteiger partial charge is 0.238 e. The molecule has 128 valence electrons. The number of nitrogens with two attached hydrogens (primary N) is 1. The van der Waals surface area contributed by atoms with Gasteiger partial charge in [0.05, 0.1) is 4.90 Å². The molecule has 0 heterocycles. The first-order chi connectivity index (χ1) is 10.9. The highest BCUT2D eigenvalue weighted by Crippen LogP contribution is 2.42. The molecule has 1 aromatic carbocycles. The number of nitrogens with zero attached hydrogens (tertiary/aromatic N) is 1. The largest absolute Gasteiger partial charge is 0.356 e. The minimum Gasteiger partial charge on any atom is -0.356 e. The second kappa shape index (κ2) is 7.31. The zero-order valence-electron chi connectivity index (χ0n) is 13.8. The summed E-state index contributed by atoms with van der Waals surface area (Å²) in [5.41, 5.74) is 1.25. The van der Waals surface area contributed by atoms with E-state index in [1.807, 2.05) is 6.07 Å². The van der Waals surface area contributed by atoms with Crippen LogP contribution in [0.3, 0.4) is 0 Å². The number of nitrogens with one attached hydrogen (secondary N) is 2. The Labute approximate surface area is 138 Å². The molecule has 0 spiro atoms. The van der Waals surface area contributed by atoms with E-state index in [1.165, 1.54) is 31.7 Å². The van der Waals surface area contributed by atoms with Gasteiger partial charge >= 0.3 is 0 Å². The van der Waals surface area contributed by atoms with Crippen LogP contribution in [0.15, 0.2) is 34.2 Å². The van der Waals surface area contributed by atoms with Gasteiger partial charge in [-0.2, -0.15) is 0 Å². The maximum Gasteiger partial charge on any atom is 0.238 e. The predicted octanol–water partition coefficient (Wildman–Crippen LogP) is 1.58. The van der Waals surface area contributed by atoms with Crippen LogP contribution in [0.25, 0.3) is 0 Å². The van der Waals surface area contributed by atoms with Crippen molar-refractivity contribution in [2.24, 2.45) is 15.5 Å². The van der Waals surface area contributed by atoms with Crippen molar-refractivity contribution in [1.29, 1.82) is 0 Å². The molecule has 1 aliphatic carbocycles. The number of sulfonamides is 1. The Kier molecular flexibility index (Phi) is 5.64. The molecule has 0 saturated heterocycles. The summed E-state index contributed by atoms with van der Waals surface area (Å²) in [6.45, 7) is 3.64. The van der Waals surface area contributed by atoms with E-state index in [0.717, 1.165) is 18.1 Å². The lowest BCUT2D eigenvalue weighted by atomic mass is 9.67. The molecule has 23 heavy (non-hydrogen) atoms. The molecule has 0 aliphatic heterocycles. The summed E-state index contributed by atoms with van der Waals surface area (Å²) in [4.78, 5) is 4.35. The van der Waals surface area contributed by atoms with Crippen molar-refractivity contribution in [3.63, 3.8) is 0 Å². The zero-order chi connectivity index (χ0) is 16.9. The molecule has 0 atom stereocenters. The van der Waals surface area contributed by atoms with Crippen LogP contribution in [0.1, 0.15) is 38.2 Å². The fourth-order valence-corrected chi connectivity index (χ4v) is 3.43. The van der Waals surface area contributed by atoms with Gasteiger partial charge in [0.25, 0.3) is 0 Å². The Morgan fingerprint density at radius 3 is 2.61 bits per heavy atom. The highest BCUT2D eigenvalue weighted by atomic mass is 32.2. The van der Waals surface area contributed by atoms with Crippen molar-refractivity contribution in [3.8, 4) is 0 Å². The van der Waals surface area contributed by atoms with E-state index in [-0.39, 0.29) is 4.90 Å². The monoisotopic (exact) mass is 338 g/mol. The standard InChI is InChI=1S/C16H26N4O2S/c1-3-16(8-5-9-16)12-20-15(18-2)19-11-13-6-4-7-14(10-13)23(17,21)22/h4,6-7,10H,3,5,8-9,11-12H2,1-2H3,(H2,17,21,22)(H2,18,19,20). The first-order valence-corrected chi connectivity index (χ1v) is 9.49. The maximum atomic E-state index is 11.4. The number of aliphatic imine (C=N–C) groups is 1. The Morgan fingerprint density at radius 2 is 2.09 bits per heavy atom. The fourth-order valence-electron chi connectivity index (χ4n) is 2.84. The number of guanidine groups is 1. The lowest BCUT2D eigenvalue weighted by molar-refractivity contribution is 0.131. The van der Waals surface area contributed by atoms with Crippen LogP contribution in [0.4, 0.5) is 0 Å². The quantitative estimate of drug-likeness (QED) is 0.542. The van der Waals surface area contributed by atoms with Crippen molar-refractivity contribution < 1.29 is 8.42 Å². The van der Waals surface area contributed by atoms with Gasteiger partial charge < -0.3 is 10.6 Å². The molecule has 0 unspecified atom stereocenters. The Balaban J connectivity index is 1.91. The summed E-state index contributed by atoms with van der Waals surface area (Å²) in [6.07, 6.45) is 5.02. The molecule has 0 bridgehead atoms. The molecule has 0 aromatic heterocycles. The van der Waals surface area contributed by atoms with Gasteiger partial charge in [0.15, 0.2) is 5.96 Å². The van der Waals surface area contributed by atoms with Gasteiger partial charge in [-0.25, -0.2) is 13.6 Å². The van der Waals surface area contributed by atoms with E-state index in [9.17, 15) is 8.42 Å². The maximum absolute atomic E-state index is 11.4. The van der Waals surface area contributed by atoms with Crippen LogP contribution in [0, 0.1) is 5.41 Å². The van der Waals surface area contributed by atoms with Gasteiger partial charge in [-0.3, -0.25) is 4.99 Å². The van der Waals surface area contributed by atoms with Crippen LogP contribution in [0.5, 0.6) is 0 Å². The molecule has 1 aliphatic rings. The Hall–Kier alpha value is -1.60. The van der Waals surface area contributed by atoms with Crippen LogP contribution >= 0.6 is 0 Å². The average Bonchev–Trinajstić information content (AvgIpc) is 2.49. The summed E-state index contributed by atoms with van der Waals surface area (Å²) in [6, 6.07) is 6.62. The Morgan fingerprint density at radius 1 is 1.35 bits per heavy atom. The van der Waals surface area contributed by atoms with Crippen molar-refractivity contribution in [3.05, 3.63) is 29.8 Å². The van der Waals surface area contributed by atoms with Crippen molar-refractivity contribution in [2.45, 2.75) is 44.0 Å². The normalized spacial score (nSPS) is 17.4. The summed E-state index contributed by atoms with van der Waals surface area (Å²) in [5, 5.41) is 11.7. The molecule has 6 nitrogen and oxygen atoms in total. The van der Waals surface area contributed by atoms with Gasteiger partial charge in [-0.15, -0.1) is 0 Å². The summed E-state index contributed by atoms with van der Waals surface area (Å²) in [7, 11) is -1.94. The summed E-state index contributed by atoms with van der Waals surface area (Å²) in [5.74, 6) is 0.728. The molecule has 1 fully saturated rings. The SMILES string of the molecule is CCC1(CNC(=NC)NCc2cccc(S(N)(=O)=O)c2)CCC1. The molecule has 7 heteroatoms. The zero-order valence-corrected chi connectivity index (χ0v) is 14.6. The molecule has 0 amide bonds. The van der Waals surface area contributed by atoms with E-state index in [1.54, 1.807) is 19.2 Å². The molecule has 1 aromatic rings. The van der Waals surface area contributed by atoms with Gasteiger partial charge in [0.1, 0.15) is 0 Å². The number of benzene rings is 1. The van der Waals surface area contributed by atoms with Gasteiger partial charge in [-0.05, 0) is 42.4 Å². The van der Waals surface area contributed by atoms with Crippen molar-refractivity contribution in [1.82, 2.24) is 10.6 Å². The van der Waals surface area contributed by atoms with E-state index in [2.05, 4.69) is 22.5 Å². The first-order valence-electron chi connectivity index (χ1n) is 7.95. The lowest BCUT2D eigenvalue weighted by Crippen LogP contribution is -2.46. The third-order valence-electron chi connectivity index (χ3n) is 4.71. The van der Waals surface area contributed by atoms with Crippen molar-refractivity contribution >= 4 is 16.0 Å². The summed E-state index contributed by atoms with van der Waals surface area (Å²) < 4.78 is 22.8. The second-order valence-electron chi connectivity index (χ2n) is 6.18. The van der Waals surface area contributed by atoms with Crippen LogP contribution in [-0.2, 0) is 16.6 Å². The molecule has 2 rings (SSSR count). The minimum atomic E-state index is -3.67. The highest BCUT2D eigenvalue weighted by Gasteiger charge is 2.34. The number of rotatable bonds is 6. The van der Waals surface area contributed by atoms with Crippen LogP contribution in [0.2, 0.25) is 0 Å². The fraction of sp³-hybridized carbons (Fsp3) is 0.562. The highest BCUT2D eigenvalue weighted by molar-refractivity contribution is 7.89. The molecular weight excluding hydrogens is 312 g/mol. The number of hydrogen-bond acceptors (Lipinski definition) is 3. The molecular formula is C16H26N4O2S. The average molecular weight is 338 g/mol. The third-order valence-corrected chi connectivity index (χ3v) is 5.62. The van der Waals surface area contributed by atoms with Crippen LogP contribution < -0.4 is 15.8 Å². The second-order valence-corrected chi connectivity index (χ2v) is 7.74. The van der Waals surface area contributed by atoms with Crippen LogP contribution in [-0.4, -0.2) is 28.0 Å². The van der Waals surface area contributed by atoms with Gasteiger partial charge in [-0.1, -0.05) is 25.5 Å². The first kappa shape index (κ1) is 17.7. The van der Waals surface area contributed by atoms with Gasteiger partial charge in [0, 0.05) is 20.1 Å². The molecule has 4 N–H and O–H groups in total. The third kappa shape index (κ3) is 4.68. The number of primary sulfonamides is 1. The molecule has 0 radical (unpaired) electrons. The van der Waals surface area contributed by atoms with E-state index < -0.39 is 10.0 Å². The topological polar surface area (TPSA) is 96.6 Å². The van der Waals surface area contributed by atoms with Gasteiger partial charge in [0.2, 0.25) is 10.0 Å². The molecule has 1 saturated carbocycles. The van der Waals surface area contributed by atoms with Crippen molar-refractivity contribution in [2.75, 3.05) is 13.6 Å².